The van der Waals surface area contributed by atoms with Crippen LogP contribution in [0.4, 0.5) is 0 Å². The minimum Gasteiger partial charge on any atom is -0.497 e. The predicted octanol–water partition coefficient (Wildman–Crippen LogP) is 4.33. The summed E-state index contributed by atoms with van der Waals surface area (Å²) in [4.78, 5) is 4.56. The van der Waals surface area contributed by atoms with Crippen LogP contribution in [0.25, 0.3) is 16.6 Å². The van der Waals surface area contributed by atoms with E-state index in [9.17, 15) is 0 Å². The Morgan fingerprint density at radius 1 is 1.04 bits per heavy atom. The lowest BCUT2D eigenvalue weighted by Gasteiger charge is -2.12. The molecule has 0 unspecified atom stereocenters. The number of nitrogens with zero attached hydrogens (tertiary/aromatic N) is 2. The SMILES string of the molecule is CCc1cc(OC)cc2ncn(-c3ccc(OC)cc3)c(=S)c12. The van der Waals surface area contributed by atoms with E-state index in [1.807, 2.05) is 41.0 Å². The van der Waals surface area contributed by atoms with Gasteiger partial charge in [0, 0.05) is 17.1 Å². The lowest BCUT2D eigenvalue weighted by Crippen LogP contribution is -2.01. The number of aryl methyl sites for hydroxylation is 1. The Kier molecular flexibility index (Phi) is 4.30. The second-order valence-electron chi connectivity index (χ2n) is 5.15. The Balaban J connectivity index is 2.23. The topological polar surface area (TPSA) is 36.3 Å². The van der Waals surface area contributed by atoms with Crippen LogP contribution in [-0.2, 0) is 6.42 Å². The molecule has 23 heavy (non-hydrogen) atoms. The van der Waals surface area contributed by atoms with Crippen LogP contribution in [0.5, 0.6) is 11.5 Å². The Hall–Kier alpha value is -2.40. The van der Waals surface area contributed by atoms with Gasteiger partial charge in [0.2, 0.25) is 0 Å². The van der Waals surface area contributed by atoms with Crippen molar-refractivity contribution in [3.8, 4) is 17.2 Å². The molecular formula is C18H18N2O2S. The average Bonchev–Trinajstić information content (AvgIpc) is 2.61. The van der Waals surface area contributed by atoms with Crippen LogP contribution >= 0.6 is 12.2 Å². The summed E-state index contributed by atoms with van der Waals surface area (Å²) in [6.07, 6.45) is 2.62. The first kappa shape index (κ1) is 15.5. The van der Waals surface area contributed by atoms with E-state index in [1.54, 1.807) is 20.5 Å². The molecule has 0 atom stereocenters. The number of fused-ring (bicyclic) bond motifs is 1. The number of hydrogen-bond acceptors (Lipinski definition) is 4. The van der Waals surface area contributed by atoms with Crippen molar-refractivity contribution in [3.05, 3.63) is 52.9 Å². The smallest absolute Gasteiger partial charge is 0.121 e. The Labute approximate surface area is 140 Å². The quantitative estimate of drug-likeness (QED) is 0.669. The molecule has 0 fully saturated rings. The van der Waals surface area contributed by atoms with E-state index in [-0.39, 0.29) is 0 Å². The summed E-state index contributed by atoms with van der Waals surface area (Å²) in [6, 6.07) is 11.7. The van der Waals surface area contributed by atoms with E-state index in [4.69, 9.17) is 21.7 Å². The molecule has 0 saturated carbocycles. The molecule has 0 bridgehead atoms. The van der Waals surface area contributed by atoms with Gasteiger partial charge in [-0.3, -0.25) is 4.57 Å². The van der Waals surface area contributed by atoms with E-state index in [0.29, 0.717) is 0 Å². The van der Waals surface area contributed by atoms with Gasteiger partial charge in [0.1, 0.15) is 22.5 Å². The average molecular weight is 326 g/mol. The summed E-state index contributed by atoms with van der Waals surface area (Å²) >= 11 is 5.72. The van der Waals surface area contributed by atoms with Gasteiger partial charge < -0.3 is 9.47 Å². The fourth-order valence-electron chi connectivity index (χ4n) is 2.62. The van der Waals surface area contributed by atoms with E-state index in [0.717, 1.165) is 44.7 Å². The van der Waals surface area contributed by atoms with Gasteiger partial charge in [-0.2, -0.15) is 0 Å². The van der Waals surface area contributed by atoms with Crippen LogP contribution in [0, 0.1) is 4.64 Å². The van der Waals surface area contributed by atoms with Crippen molar-refractivity contribution in [1.29, 1.82) is 0 Å². The molecule has 1 heterocycles. The van der Waals surface area contributed by atoms with Gasteiger partial charge in [0.25, 0.3) is 0 Å². The molecule has 0 amide bonds. The maximum Gasteiger partial charge on any atom is 0.121 e. The zero-order valence-corrected chi connectivity index (χ0v) is 14.2. The maximum absolute atomic E-state index is 5.72. The minimum absolute atomic E-state index is 0.750. The fourth-order valence-corrected chi connectivity index (χ4v) is 3.01. The summed E-state index contributed by atoms with van der Waals surface area (Å²) in [6.45, 7) is 2.10. The van der Waals surface area contributed by atoms with Crippen molar-refractivity contribution in [2.45, 2.75) is 13.3 Å². The molecule has 4 nitrogen and oxygen atoms in total. The van der Waals surface area contributed by atoms with Crippen LogP contribution in [0.1, 0.15) is 12.5 Å². The minimum atomic E-state index is 0.750. The van der Waals surface area contributed by atoms with E-state index >= 15 is 0 Å². The second-order valence-corrected chi connectivity index (χ2v) is 5.54. The monoisotopic (exact) mass is 326 g/mol. The molecule has 118 valence electrons. The number of benzene rings is 2. The van der Waals surface area contributed by atoms with Gasteiger partial charge in [-0.15, -0.1) is 0 Å². The van der Waals surface area contributed by atoms with Gasteiger partial charge in [0.15, 0.2) is 0 Å². The molecule has 5 heteroatoms. The van der Waals surface area contributed by atoms with Gasteiger partial charge >= 0.3 is 0 Å². The molecule has 0 radical (unpaired) electrons. The van der Waals surface area contributed by atoms with Crippen molar-refractivity contribution in [3.63, 3.8) is 0 Å². The van der Waals surface area contributed by atoms with E-state index < -0.39 is 0 Å². The summed E-state index contributed by atoms with van der Waals surface area (Å²) in [5.41, 5.74) is 2.96. The first-order valence-electron chi connectivity index (χ1n) is 7.40. The molecule has 0 N–H and O–H groups in total. The van der Waals surface area contributed by atoms with Crippen molar-refractivity contribution < 1.29 is 9.47 Å². The highest BCUT2D eigenvalue weighted by Crippen LogP contribution is 2.27. The third-order valence-corrected chi connectivity index (χ3v) is 4.29. The molecular weight excluding hydrogens is 308 g/mol. The van der Waals surface area contributed by atoms with E-state index in [1.165, 1.54) is 0 Å². The number of rotatable bonds is 4. The predicted molar refractivity (Wildman–Crippen MR) is 94.4 cm³/mol. The molecule has 3 rings (SSSR count). The molecule has 1 aromatic heterocycles. The lowest BCUT2D eigenvalue weighted by atomic mass is 10.1. The molecule has 0 aliphatic rings. The highest BCUT2D eigenvalue weighted by Gasteiger charge is 2.09. The first-order chi connectivity index (χ1) is 11.2. The van der Waals surface area contributed by atoms with Crippen LogP contribution in [0.3, 0.4) is 0 Å². The number of hydrogen-bond donors (Lipinski definition) is 0. The van der Waals surface area contributed by atoms with Gasteiger partial charge in [-0.25, -0.2) is 4.98 Å². The summed E-state index contributed by atoms with van der Waals surface area (Å²) in [5, 5.41) is 1.00. The van der Waals surface area contributed by atoms with Gasteiger partial charge in [-0.1, -0.05) is 19.1 Å². The van der Waals surface area contributed by atoms with Gasteiger partial charge in [0.05, 0.1) is 19.7 Å². The summed E-state index contributed by atoms with van der Waals surface area (Å²) in [7, 11) is 3.31. The number of aromatic nitrogens is 2. The van der Waals surface area contributed by atoms with Crippen molar-refractivity contribution in [1.82, 2.24) is 9.55 Å². The normalized spacial score (nSPS) is 10.7. The largest absolute Gasteiger partial charge is 0.497 e. The third-order valence-electron chi connectivity index (χ3n) is 3.88. The molecule has 2 aromatic carbocycles. The van der Waals surface area contributed by atoms with Crippen molar-refractivity contribution in [2.24, 2.45) is 0 Å². The van der Waals surface area contributed by atoms with E-state index in [2.05, 4.69) is 11.9 Å². The van der Waals surface area contributed by atoms with Crippen molar-refractivity contribution >= 4 is 23.1 Å². The van der Waals surface area contributed by atoms with Crippen LogP contribution < -0.4 is 9.47 Å². The second kappa shape index (κ2) is 6.38. The molecule has 0 aliphatic heterocycles. The fraction of sp³-hybridized carbons (Fsp3) is 0.222. The molecule has 3 aromatic rings. The number of methoxy groups -OCH3 is 2. The van der Waals surface area contributed by atoms with Gasteiger partial charge in [-0.05, 0) is 42.3 Å². The zero-order valence-electron chi connectivity index (χ0n) is 13.4. The standard InChI is InChI=1S/C18H18N2O2S/c1-4-12-9-15(22-3)10-16-17(12)18(23)20(11-19-16)13-5-7-14(21-2)8-6-13/h5-11H,4H2,1-3H3. The first-order valence-corrected chi connectivity index (χ1v) is 7.81. The van der Waals surface area contributed by atoms with Crippen LogP contribution in [0.15, 0.2) is 42.7 Å². The summed E-state index contributed by atoms with van der Waals surface area (Å²) in [5.74, 6) is 1.62. The lowest BCUT2D eigenvalue weighted by molar-refractivity contribution is 0.414. The molecule has 0 saturated heterocycles. The number of ether oxygens (including phenoxy) is 2. The van der Waals surface area contributed by atoms with Crippen LogP contribution in [0.2, 0.25) is 0 Å². The highest BCUT2D eigenvalue weighted by atomic mass is 32.1. The third kappa shape index (κ3) is 2.80. The zero-order chi connectivity index (χ0) is 16.4. The summed E-state index contributed by atoms with van der Waals surface area (Å²) < 4.78 is 13.2. The Morgan fingerprint density at radius 2 is 1.74 bits per heavy atom. The molecule has 0 spiro atoms. The Morgan fingerprint density at radius 3 is 2.35 bits per heavy atom. The highest BCUT2D eigenvalue weighted by molar-refractivity contribution is 7.71. The molecule has 0 aliphatic carbocycles. The maximum atomic E-state index is 5.72. The van der Waals surface area contributed by atoms with Crippen LogP contribution in [-0.4, -0.2) is 23.8 Å². The van der Waals surface area contributed by atoms with Crippen molar-refractivity contribution in [2.75, 3.05) is 14.2 Å². The Bertz CT molecular complexity index is 901.